The van der Waals surface area contributed by atoms with Crippen LogP contribution in [0.15, 0.2) is 96.1 Å². The standard InChI is InChI=1S/C25H26N2O/c1-2-24(28)18-25(23-16-10-5-11-17-23)26-27(19-21-12-6-3-7-13-21)20-22-14-8-4-9-15-22/h3-17H,2,18-20H2,1H3/b26-25+. The molecule has 0 N–H and O–H groups in total. The first-order chi connectivity index (χ1) is 13.7. The molecule has 142 valence electrons. The number of nitrogens with zero attached hydrogens (tertiary/aromatic N) is 2. The minimum Gasteiger partial charge on any atom is -0.299 e. The fourth-order valence-corrected chi connectivity index (χ4v) is 3.02. The van der Waals surface area contributed by atoms with Crippen LogP contribution in [0.5, 0.6) is 0 Å². The summed E-state index contributed by atoms with van der Waals surface area (Å²) >= 11 is 0. The molecule has 0 heterocycles. The van der Waals surface area contributed by atoms with Crippen molar-refractivity contribution >= 4 is 11.5 Å². The summed E-state index contributed by atoms with van der Waals surface area (Å²) in [4.78, 5) is 12.2. The maximum absolute atomic E-state index is 12.2. The van der Waals surface area contributed by atoms with Crippen molar-refractivity contribution in [3.8, 4) is 0 Å². The van der Waals surface area contributed by atoms with Crippen molar-refractivity contribution in [2.45, 2.75) is 32.9 Å². The van der Waals surface area contributed by atoms with Crippen LogP contribution in [0.3, 0.4) is 0 Å². The van der Waals surface area contributed by atoms with E-state index in [-0.39, 0.29) is 5.78 Å². The number of benzene rings is 3. The van der Waals surface area contributed by atoms with E-state index >= 15 is 0 Å². The van der Waals surface area contributed by atoms with Gasteiger partial charge in [0.25, 0.3) is 0 Å². The lowest BCUT2D eigenvalue weighted by molar-refractivity contribution is -0.117. The number of hydrogen-bond donors (Lipinski definition) is 0. The number of ketones is 1. The van der Waals surface area contributed by atoms with E-state index in [2.05, 4.69) is 29.3 Å². The highest BCUT2D eigenvalue weighted by Gasteiger charge is 2.12. The van der Waals surface area contributed by atoms with Gasteiger partial charge >= 0.3 is 0 Å². The summed E-state index contributed by atoms with van der Waals surface area (Å²) in [7, 11) is 0. The quantitative estimate of drug-likeness (QED) is 0.370. The van der Waals surface area contributed by atoms with Gasteiger partial charge in [0, 0.05) is 6.42 Å². The van der Waals surface area contributed by atoms with Crippen molar-refractivity contribution in [1.82, 2.24) is 5.01 Å². The Morgan fingerprint density at radius 1 is 0.750 bits per heavy atom. The molecule has 3 nitrogen and oxygen atoms in total. The molecule has 0 aliphatic heterocycles. The van der Waals surface area contributed by atoms with Gasteiger partial charge in [0.05, 0.1) is 25.2 Å². The van der Waals surface area contributed by atoms with Crippen LogP contribution in [-0.2, 0) is 17.9 Å². The van der Waals surface area contributed by atoms with Gasteiger partial charge in [-0.3, -0.25) is 9.80 Å². The van der Waals surface area contributed by atoms with Crippen LogP contribution in [0.25, 0.3) is 0 Å². The first kappa shape index (κ1) is 19.6. The Bertz CT molecular complexity index is 848. The summed E-state index contributed by atoms with van der Waals surface area (Å²) in [6.07, 6.45) is 0.865. The van der Waals surface area contributed by atoms with Crippen molar-refractivity contribution in [2.24, 2.45) is 5.10 Å². The molecular formula is C25H26N2O. The van der Waals surface area contributed by atoms with Gasteiger partial charge in [0.1, 0.15) is 5.78 Å². The van der Waals surface area contributed by atoms with E-state index in [1.165, 1.54) is 11.1 Å². The molecule has 0 atom stereocenters. The average Bonchev–Trinajstić information content (AvgIpc) is 2.75. The summed E-state index contributed by atoms with van der Waals surface area (Å²) in [6, 6.07) is 30.6. The van der Waals surface area contributed by atoms with E-state index in [9.17, 15) is 4.79 Å². The zero-order valence-electron chi connectivity index (χ0n) is 16.3. The molecule has 0 aliphatic rings. The molecule has 28 heavy (non-hydrogen) atoms. The number of hydrogen-bond acceptors (Lipinski definition) is 3. The molecule has 0 unspecified atom stereocenters. The lowest BCUT2D eigenvalue weighted by atomic mass is 10.0. The maximum atomic E-state index is 12.2. The fraction of sp³-hybridized carbons (Fsp3) is 0.200. The SMILES string of the molecule is CCC(=O)C/C(=N\N(Cc1ccccc1)Cc1ccccc1)c1ccccc1. The molecule has 3 rings (SSSR count). The van der Waals surface area contributed by atoms with Gasteiger partial charge < -0.3 is 0 Å². The van der Waals surface area contributed by atoms with E-state index in [4.69, 9.17) is 5.10 Å². The summed E-state index contributed by atoms with van der Waals surface area (Å²) in [5, 5.41) is 7.01. The predicted molar refractivity (Wildman–Crippen MR) is 115 cm³/mol. The van der Waals surface area contributed by atoms with Crippen LogP contribution in [0.1, 0.15) is 36.5 Å². The molecule has 0 saturated heterocycles. The molecule has 3 aromatic carbocycles. The Kier molecular flexibility index (Phi) is 7.14. The number of carbonyl (C=O) groups is 1. The second-order valence-corrected chi connectivity index (χ2v) is 6.78. The van der Waals surface area contributed by atoms with E-state index < -0.39 is 0 Å². The maximum Gasteiger partial charge on any atom is 0.138 e. The second kappa shape index (κ2) is 10.2. The second-order valence-electron chi connectivity index (χ2n) is 6.78. The Hall–Kier alpha value is -3.20. The molecule has 3 aromatic rings. The minimum absolute atomic E-state index is 0.196. The lowest BCUT2D eigenvalue weighted by Gasteiger charge is -2.22. The average molecular weight is 370 g/mol. The molecule has 0 amide bonds. The number of carbonyl (C=O) groups excluding carboxylic acids is 1. The third-order valence-electron chi connectivity index (χ3n) is 4.54. The fourth-order valence-electron chi connectivity index (χ4n) is 3.02. The van der Waals surface area contributed by atoms with Gasteiger partial charge in [0.2, 0.25) is 0 Å². The van der Waals surface area contributed by atoms with E-state index in [0.717, 1.165) is 11.3 Å². The van der Waals surface area contributed by atoms with E-state index in [0.29, 0.717) is 25.9 Å². The third kappa shape index (κ3) is 5.92. The molecule has 0 spiro atoms. The van der Waals surface area contributed by atoms with Crippen molar-refractivity contribution in [1.29, 1.82) is 0 Å². The summed E-state index contributed by atoms with van der Waals surface area (Å²) in [6.45, 7) is 3.27. The van der Waals surface area contributed by atoms with Gasteiger partial charge in [-0.1, -0.05) is 97.9 Å². The van der Waals surface area contributed by atoms with E-state index in [1.54, 1.807) is 0 Å². The number of rotatable bonds is 9. The molecular weight excluding hydrogens is 344 g/mol. The lowest BCUT2D eigenvalue weighted by Crippen LogP contribution is -2.21. The molecule has 0 aromatic heterocycles. The van der Waals surface area contributed by atoms with Gasteiger partial charge in [0.15, 0.2) is 0 Å². The van der Waals surface area contributed by atoms with Crippen LogP contribution in [0, 0.1) is 0 Å². The van der Waals surface area contributed by atoms with Crippen LogP contribution in [0.4, 0.5) is 0 Å². The highest BCUT2D eigenvalue weighted by Crippen LogP contribution is 2.14. The zero-order chi connectivity index (χ0) is 19.6. The third-order valence-corrected chi connectivity index (χ3v) is 4.54. The zero-order valence-corrected chi connectivity index (χ0v) is 16.3. The molecule has 0 bridgehead atoms. The number of hydrazone groups is 1. The van der Waals surface area contributed by atoms with Crippen LogP contribution in [0.2, 0.25) is 0 Å². The van der Waals surface area contributed by atoms with Crippen molar-refractivity contribution in [2.75, 3.05) is 0 Å². The van der Waals surface area contributed by atoms with Crippen molar-refractivity contribution in [3.05, 3.63) is 108 Å². The number of Topliss-reactive ketones (excluding diaryl/α,β-unsaturated/α-hetero) is 1. The van der Waals surface area contributed by atoms with Crippen LogP contribution in [-0.4, -0.2) is 16.5 Å². The summed E-state index contributed by atoms with van der Waals surface area (Å²) < 4.78 is 0. The topological polar surface area (TPSA) is 32.7 Å². The molecule has 0 saturated carbocycles. The smallest absolute Gasteiger partial charge is 0.138 e. The molecule has 0 fully saturated rings. The van der Waals surface area contributed by atoms with Gasteiger partial charge in [-0.25, -0.2) is 0 Å². The van der Waals surface area contributed by atoms with Gasteiger partial charge in [-0.05, 0) is 16.7 Å². The summed E-state index contributed by atoms with van der Waals surface area (Å²) in [5.41, 5.74) is 4.20. The Balaban J connectivity index is 1.93. The highest BCUT2D eigenvalue weighted by atomic mass is 16.1. The monoisotopic (exact) mass is 370 g/mol. The Morgan fingerprint density at radius 2 is 1.21 bits per heavy atom. The molecule has 3 heteroatoms. The molecule has 0 radical (unpaired) electrons. The minimum atomic E-state index is 0.196. The normalized spacial score (nSPS) is 11.2. The first-order valence-corrected chi connectivity index (χ1v) is 9.72. The first-order valence-electron chi connectivity index (χ1n) is 9.72. The van der Waals surface area contributed by atoms with Crippen molar-refractivity contribution in [3.63, 3.8) is 0 Å². The summed E-state index contributed by atoms with van der Waals surface area (Å²) in [5.74, 6) is 0.196. The Morgan fingerprint density at radius 3 is 1.68 bits per heavy atom. The van der Waals surface area contributed by atoms with Crippen LogP contribution >= 0.6 is 0 Å². The van der Waals surface area contributed by atoms with E-state index in [1.807, 2.05) is 73.7 Å². The Labute approximate surface area is 167 Å². The largest absolute Gasteiger partial charge is 0.299 e. The van der Waals surface area contributed by atoms with Gasteiger partial charge in [-0.15, -0.1) is 0 Å². The van der Waals surface area contributed by atoms with Crippen LogP contribution < -0.4 is 0 Å². The van der Waals surface area contributed by atoms with Gasteiger partial charge in [-0.2, -0.15) is 5.10 Å². The highest BCUT2D eigenvalue weighted by molar-refractivity contribution is 6.10. The van der Waals surface area contributed by atoms with Crippen molar-refractivity contribution < 1.29 is 4.79 Å². The molecule has 0 aliphatic carbocycles. The predicted octanol–water partition coefficient (Wildman–Crippen LogP) is 5.46.